The average Bonchev–Trinajstić information content (AvgIpc) is 3.00. The summed E-state index contributed by atoms with van der Waals surface area (Å²) in [7, 11) is 0. The van der Waals surface area contributed by atoms with Crippen molar-refractivity contribution in [3.63, 3.8) is 0 Å². The van der Waals surface area contributed by atoms with Gasteiger partial charge in [0.05, 0.1) is 15.5 Å². The molecule has 3 nitrogen and oxygen atoms in total. The van der Waals surface area contributed by atoms with E-state index < -0.39 is 5.41 Å². The number of rotatable bonds is 3. The van der Waals surface area contributed by atoms with E-state index in [1.165, 1.54) is 5.69 Å². The second kappa shape index (κ2) is 6.82. The van der Waals surface area contributed by atoms with E-state index in [0.717, 1.165) is 41.4 Å². The highest BCUT2D eigenvalue weighted by Crippen LogP contribution is 2.46. The fourth-order valence-corrected chi connectivity index (χ4v) is 4.13. The number of aromatic nitrogens is 1. The molecule has 1 aliphatic carbocycles. The van der Waals surface area contributed by atoms with Gasteiger partial charge in [0.2, 0.25) is 5.91 Å². The Kier molecular flexibility index (Phi) is 4.71. The predicted octanol–water partition coefficient (Wildman–Crippen LogP) is 6.83. The van der Waals surface area contributed by atoms with Gasteiger partial charge in [-0.3, -0.25) is 4.79 Å². The van der Waals surface area contributed by atoms with Crippen LogP contribution in [0, 0.1) is 0 Å². The van der Waals surface area contributed by atoms with Crippen LogP contribution < -0.4 is 5.32 Å². The minimum absolute atomic E-state index is 0.0167. The van der Waals surface area contributed by atoms with E-state index in [-0.39, 0.29) is 11.3 Å². The third-order valence-electron chi connectivity index (χ3n) is 5.80. The van der Waals surface area contributed by atoms with Gasteiger partial charge < -0.3 is 10.3 Å². The van der Waals surface area contributed by atoms with Gasteiger partial charge in [-0.25, -0.2) is 0 Å². The van der Waals surface area contributed by atoms with E-state index in [1.807, 2.05) is 30.3 Å². The Labute approximate surface area is 175 Å². The van der Waals surface area contributed by atoms with Gasteiger partial charge >= 0.3 is 0 Å². The molecule has 1 aromatic heterocycles. The normalized spacial score (nSPS) is 16.0. The largest absolute Gasteiger partial charge is 0.358 e. The van der Waals surface area contributed by atoms with E-state index >= 15 is 0 Å². The van der Waals surface area contributed by atoms with Crippen molar-refractivity contribution in [2.24, 2.45) is 0 Å². The van der Waals surface area contributed by atoms with Crippen LogP contribution in [0.25, 0.3) is 10.9 Å². The van der Waals surface area contributed by atoms with Crippen LogP contribution >= 0.6 is 23.2 Å². The molecule has 0 spiro atoms. The molecule has 1 saturated carbocycles. The summed E-state index contributed by atoms with van der Waals surface area (Å²) in [6.45, 7) is 6.54. The molecule has 0 unspecified atom stereocenters. The van der Waals surface area contributed by atoms with Crippen LogP contribution in [0.3, 0.4) is 0 Å². The van der Waals surface area contributed by atoms with Crippen molar-refractivity contribution < 1.29 is 4.79 Å². The first-order valence-corrected chi connectivity index (χ1v) is 10.3. The second-order valence-corrected chi connectivity index (χ2v) is 9.57. The molecule has 0 bridgehead atoms. The number of nitrogens with one attached hydrogen (secondary N) is 2. The molecule has 0 aliphatic heterocycles. The van der Waals surface area contributed by atoms with Crippen molar-refractivity contribution in [1.82, 2.24) is 4.98 Å². The third kappa shape index (κ3) is 3.31. The van der Waals surface area contributed by atoms with Crippen molar-refractivity contribution in [2.75, 3.05) is 5.32 Å². The number of anilines is 1. The lowest BCUT2D eigenvalue weighted by atomic mass is 9.64. The summed E-state index contributed by atoms with van der Waals surface area (Å²) in [5, 5.41) is 5.22. The standard InChI is InChI=1S/C23H24Cl2N2O/c1-22(2,3)20-12-14-11-16(6-8-19(14)27-20)26-21(28)23(9-4-10-23)15-5-7-17(24)18(25)13-15/h5-8,11-13,27H,4,9-10H2,1-3H3,(H,26,28). The number of aromatic amines is 1. The zero-order valence-corrected chi connectivity index (χ0v) is 17.8. The fraction of sp³-hybridized carbons (Fsp3) is 0.348. The van der Waals surface area contributed by atoms with Crippen molar-refractivity contribution in [3.8, 4) is 0 Å². The summed E-state index contributed by atoms with van der Waals surface area (Å²) in [5.74, 6) is 0.0167. The molecule has 28 heavy (non-hydrogen) atoms. The SMILES string of the molecule is CC(C)(C)c1cc2cc(NC(=O)C3(c4ccc(Cl)c(Cl)c4)CCC3)ccc2[nH]1. The van der Waals surface area contributed by atoms with E-state index in [1.54, 1.807) is 6.07 Å². The van der Waals surface area contributed by atoms with Gasteiger partial charge in [0, 0.05) is 27.7 Å². The van der Waals surface area contributed by atoms with Gasteiger partial charge in [-0.2, -0.15) is 0 Å². The number of fused-ring (bicyclic) bond motifs is 1. The Balaban J connectivity index is 1.62. The number of carbonyl (C=O) groups excluding carboxylic acids is 1. The summed E-state index contributed by atoms with van der Waals surface area (Å²) in [6, 6.07) is 13.7. The molecular weight excluding hydrogens is 391 g/mol. The molecule has 0 radical (unpaired) electrons. The maximum absolute atomic E-state index is 13.2. The number of halogens is 2. The first-order chi connectivity index (χ1) is 13.2. The number of carbonyl (C=O) groups is 1. The van der Waals surface area contributed by atoms with E-state index in [4.69, 9.17) is 23.2 Å². The molecule has 0 atom stereocenters. The van der Waals surface area contributed by atoms with Gasteiger partial charge in [-0.1, -0.05) is 56.5 Å². The first-order valence-electron chi connectivity index (χ1n) is 9.59. The van der Waals surface area contributed by atoms with Crippen LogP contribution in [-0.4, -0.2) is 10.9 Å². The van der Waals surface area contributed by atoms with Gasteiger partial charge in [0.25, 0.3) is 0 Å². The lowest BCUT2D eigenvalue weighted by Crippen LogP contribution is -2.46. The Morgan fingerprint density at radius 2 is 1.79 bits per heavy atom. The molecule has 2 N–H and O–H groups in total. The van der Waals surface area contributed by atoms with E-state index in [9.17, 15) is 4.79 Å². The highest BCUT2D eigenvalue weighted by Gasteiger charge is 2.45. The molecule has 1 fully saturated rings. The van der Waals surface area contributed by atoms with Crippen molar-refractivity contribution >= 4 is 45.7 Å². The van der Waals surface area contributed by atoms with Crippen LogP contribution in [0.1, 0.15) is 51.3 Å². The maximum Gasteiger partial charge on any atom is 0.235 e. The Hall–Kier alpha value is -1.97. The summed E-state index contributed by atoms with van der Waals surface area (Å²) >= 11 is 12.3. The lowest BCUT2D eigenvalue weighted by molar-refractivity contribution is -0.124. The van der Waals surface area contributed by atoms with Crippen LogP contribution in [-0.2, 0) is 15.6 Å². The quantitative estimate of drug-likeness (QED) is 0.484. The van der Waals surface area contributed by atoms with Gasteiger partial charge in [-0.05, 0) is 54.8 Å². The minimum atomic E-state index is -0.530. The highest BCUT2D eigenvalue weighted by molar-refractivity contribution is 6.42. The van der Waals surface area contributed by atoms with Crippen molar-refractivity contribution in [2.45, 2.75) is 50.9 Å². The molecular formula is C23H24Cl2N2O. The number of H-pyrrole nitrogens is 1. The summed E-state index contributed by atoms with van der Waals surface area (Å²) in [5.41, 5.74) is 3.51. The Morgan fingerprint density at radius 1 is 1.04 bits per heavy atom. The number of amides is 1. The number of hydrogen-bond donors (Lipinski definition) is 2. The van der Waals surface area contributed by atoms with Crippen LogP contribution in [0.15, 0.2) is 42.5 Å². The second-order valence-electron chi connectivity index (χ2n) is 8.75. The molecule has 1 amide bonds. The highest BCUT2D eigenvalue weighted by atomic mass is 35.5. The Bertz CT molecular complexity index is 1060. The Morgan fingerprint density at radius 3 is 2.39 bits per heavy atom. The molecule has 0 saturated heterocycles. The van der Waals surface area contributed by atoms with E-state index in [2.05, 4.69) is 37.1 Å². The molecule has 146 valence electrons. The fourth-order valence-electron chi connectivity index (χ4n) is 3.84. The molecule has 1 heterocycles. The average molecular weight is 415 g/mol. The summed E-state index contributed by atoms with van der Waals surface area (Å²) in [6.07, 6.45) is 2.66. The lowest BCUT2D eigenvalue weighted by Gasteiger charge is -2.40. The molecule has 2 aromatic carbocycles. The molecule has 3 aromatic rings. The number of hydrogen-bond acceptors (Lipinski definition) is 1. The minimum Gasteiger partial charge on any atom is -0.358 e. The smallest absolute Gasteiger partial charge is 0.235 e. The first kappa shape index (κ1) is 19.4. The summed E-state index contributed by atoms with van der Waals surface area (Å²) in [4.78, 5) is 16.7. The summed E-state index contributed by atoms with van der Waals surface area (Å²) < 4.78 is 0. The number of benzene rings is 2. The molecule has 5 heteroatoms. The topological polar surface area (TPSA) is 44.9 Å². The van der Waals surface area contributed by atoms with Crippen molar-refractivity contribution in [3.05, 3.63) is 63.8 Å². The van der Waals surface area contributed by atoms with E-state index in [0.29, 0.717) is 10.0 Å². The predicted molar refractivity (Wildman–Crippen MR) is 118 cm³/mol. The third-order valence-corrected chi connectivity index (χ3v) is 6.54. The van der Waals surface area contributed by atoms with Gasteiger partial charge in [0.1, 0.15) is 0 Å². The maximum atomic E-state index is 13.2. The van der Waals surface area contributed by atoms with Crippen LogP contribution in [0.5, 0.6) is 0 Å². The van der Waals surface area contributed by atoms with Gasteiger partial charge in [-0.15, -0.1) is 0 Å². The van der Waals surface area contributed by atoms with Crippen LogP contribution in [0.2, 0.25) is 10.0 Å². The molecule has 1 aliphatic rings. The van der Waals surface area contributed by atoms with Crippen molar-refractivity contribution in [1.29, 1.82) is 0 Å². The zero-order chi connectivity index (χ0) is 20.1. The van der Waals surface area contributed by atoms with Crippen LogP contribution in [0.4, 0.5) is 5.69 Å². The monoisotopic (exact) mass is 414 g/mol. The zero-order valence-electron chi connectivity index (χ0n) is 16.3. The molecule has 4 rings (SSSR count). The van der Waals surface area contributed by atoms with Gasteiger partial charge in [0.15, 0.2) is 0 Å².